The van der Waals surface area contributed by atoms with E-state index in [1.165, 1.54) is 63.4 Å². The van der Waals surface area contributed by atoms with Gasteiger partial charge in [0.05, 0.1) is 30.3 Å². The van der Waals surface area contributed by atoms with Crippen LogP contribution in [0.4, 0.5) is 0 Å². The lowest BCUT2D eigenvalue weighted by Crippen LogP contribution is -2.21. The van der Waals surface area contributed by atoms with Crippen molar-refractivity contribution >= 4 is 22.7 Å². The Morgan fingerprint density at radius 3 is 1.95 bits per heavy atom. The number of carbonyl (C=O) groups excluding carboxylic acids is 2. The molecule has 0 amide bonds. The summed E-state index contributed by atoms with van der Waals surface area (Å²) in [6.45, 7) is 8.17. The number of aliphatic hydroxyl groups is 2. The van der Waals surface area contributed by atoms with Gasteiger partial charge in [0, 0.05) is 0 Å². The molecule has 0 unspecified atom stereocenters. The summed E-state index contributed by atoms with van der Waals surface area (Å²) in [5.41, 5.74) is 2.10. The van der Waals surface area contributed by atoms with Gasteiger partial charge in [-0.15, -0.1) is 0 Å². The van der Waals surface area contributed by atoms with Crippen LogP contribution in [0.5, 0.6) is 0 Å². The first-order valence-electron chi connectivity index (χ1n) is 14.8. The van der Waals surface area contributed by atoms with Crippen molar-refractivity contribution in [3.63, 3.8) is 0 Å². The molecule has 0 aromatic heterocycles. The number of hydrogen-bond acceptors (Lipinski definition) is 6. The quantitative estimate of drug-likeness (QED) is 0.142. The Bertz CT molecular complexity index is 1110. The summed E-state index contributed by atoms with van der Waals surface area (Å²) in [7, 11) is 0. The molecule has 3 rings (SSSR count). The van der Waals surface area contributed by atoms with E-state index in [2.05, 4.69) is 38.3 Å². The second-order valence-electron chi connectivity index (χ2n) is 11.3. The van der Waals surface area contributed by atoms with Gasteiger partial charge in [-0.2, -0.15) is 0 Å². The molecule has 218 valence electrons. The van der Waals surface area contributed by atoms with Gasteiger partial charge in [-0.05, 0) is 46.6 Å². The van der Waals surface area contributed by atoms with E-state index in [0.29, 0.717) is 0 Å². The fourth-order valence-electron chi connectivity index (χ4n) is 5.51. The maximum Gasteiger partial charge on any atom is 0.335 e. The number of hydrogen-bond donors (Lipinski definition) is 2. The normalized spacial score (nSPS) is 17.1. The standard InChI is InChI=1S/C34H46O6/c1-4-5-6-7-26-8-10-27(11-9-26)12-13-28-14-15-30-19-31(17-16-29(30)18-28)32(22-39-33(37)24(2)20-35)23-40-34(38)25(3)21-36/h14-19,26-27,32,35-36H,2-13,20-23H2,1H3. The van der Waals surface area contributed by atoms with Gasteiger partial charge in [0.15, 0.2) is 0 Å². The van der Waals surface area contributed by atoms with Gasteiger partial charge >= 0.3 is 11.9 Å². The molecule has 6 heteroatoms. The van der Waals surface area contributed by atoms with Gasteiger partial charge in [-0.25, -0.2) is 9.59 Å². The topological polar surface area (TPSA) is 93.1 Å². The molecule has 6 nitrogen and oxygen atoms in total. The molecular weight excluding hydrogens is 504 g/mol. The molecule has 2 aromatic rings. The van der Waals surface area contributed by atoms with Gasteiger partial charge < -0.3 is 19.7 Å². The minimum absolute atomic E-state index is 0.0459. The third kappa shape index (κ3) is 9.60. The number of carbonyl (C=O) groups is 2. The average Bonchev–Trinajstić information content (AvgIpc) is 2.99. The summed E-state index contributed by atoms with van der Waals surface area (Å²) in [6, 6.07) is 12.6. The molecule has 0 heterocycles. The van der Waals surface area contributed by atoms with Gasteiger partial charge in [-0.3, -0.25) is 0 Å². The predicted molar refractivity (Wildman–Crippen MR) is 159 cm³/mol. The zero-order chi connectivity index (χ0) is 28.9. The smallest absolute Gasteiger partial charge is 0.335 e. The third-order valence-electron chi connectivity index (χ3n) is 8.21. The van der Waals surface area contributed by atoms with Crippen LogP contribution in [0.15, 0.2) is 60.7 Å². The zero-order valence-electron chi connectivity index (χ0n) is 24.0. The summed E-state index contributed by atoms with van der Waals surface area (Å²) in [5, 5.41) is 20.5. The van der Waals surface area contributed by atoms with E-state index in [1.807, 2.05) is 18.2 Å². The predicted octanol–water partition coefficient (Wildman–Crippen LogP) is 6.43. The minimum atomic E-state index is -0.700. The molecule has 0 spiro atoms. The second kappa shape index (κ2) is 16.3. The number of rotatable bonds is 16. The molecule has 1 aliphatic carbocycles. The number of benzene rings is 2. The largest absolute Gasteiger partial charge is 0.461 e. The molecule has 0 radical (unpaired) electrons. The van der Waals surface area contributed by atoms with Gasteiger partial charge in [-0.1, -0.05) is 108 Å². The second-order valence-corrected chi connectivity index (χ2v) is 11.3. The number of unbranched alkanes of at least 4 members (excludes halogenated alkanes) is 2. The number of aryl methyl sites for hydroxylation is 1. The first kappa shape index (κ1) is 31.6. The zero-order valence-corrected chi connectivity index (χ0v) is 24.0. The number of esters is 2. The van der Waals surface area contributed by atoms with Crippen molar-refractivity contribution in [2.45, 2.75) is 77.0 Å². The fraction of sp³-hybridized carbons (Fsp3) is 0.529. The average molecular weight is 551 g/mol. The van der Waals surface area contributed by atoms with Crippen LogP contribution in [0.25, 0.3) is 10.8 Å². The van der Waals surface area contributed by atoms with Crippen LogP contribution in [0, 0.1) is 11.8 Å². The Morgan fingerprint density at radius 2 is 1.38 bits per heavy atom. The highest BCUT2D eigenvalue weighted by Crippen LogP contribution is 2.34. The first-order valence-corrected chi connectivity index (χ1v) is 14.8. The Labute approximate surface area is 239 Å². The van der Waals surface area contributed by atoms with Crippen molar-refractivity contribution in [2.24, 2.45) is 11.8 Å². The van der Waals surface area contributed by atoms with Crippen molar-refractivity contribution < 1.29 is 29.3 Å². The lowest BCUT2D eigenvalue weighted by Gasteiger charge is -2.28. The summed E-state index contributed by atoms with van der Waals surface area (Å²) >= 11 is 0. The van der Waals surface area contributed by atoms with Crippen LogP contribution >= 0.6 is 0 Å². The van der Waals surface area contributed by atoms with Crippen molar-refractivity contribution in [2.75, 3.05) is 26.4 Å². The van der Waals surface area contributed by atoms with E-state index < -0.39 is 31.1 Å². The number of fused-ring (bicyclic) bond motifs is 1. The number of ether oxygens (including phenoxy) is 2. The highest BCUT2D eigenvalue weighted by Gasteiger charge is 2.21. The van der Waals surface area contributed by atoms with Gasteiger partial charge in [0.2, 0.25) is 0 Å². The molecule has 1 saturated carbocycles. The lowest BCUT2D eigenvalue weighted by molar-refractivity contribution is -0.142. The summed E-state index contributed by atoms with van der Waals surface area (Å²) < 4.78 is 10.6. The van der Waals surface area contributed by atoms with Crippen LogP contribution in [0.3, 0.4) is 0 Å². The third-order valence-corrected chi connectivity index (χ3v) is 8.21. The molecule has 0 aliphatic heterocycles. The van der Waals surface area contributed by atoms with Gasteiger partial charge in [0.25, 0.3) is 0 Å². The van der Waals surface area contributed by atoms with Crippen LogP contribution in [0.2, 0.25) is 0 Å². The van der Waals surface area contributed by atoms with Crippen LogP contribution in [-0.4, -0.2) is 48.6 Å². The lowest BCUT2D eigenvalue weighted by atomic mass is 9.77. The fourth-order valence-corrected chi connectivity index (χ4v) is 5.51. The van der Waals surface area contributed by atoms with Crippen molar-refractivity contribution in [3.05, 3.63) is 71.8 Å². The van der Waals surface area contributed by atoms with E-state index in [0.717, 1.165) is 34.6 Å². The minimum Gasteiger partial charge on any atom is -0.461 e. The molecule has 2 aromatic carbocycles. The van der Waals surface area contributed by atoms with Crippen LogP contribution in [0.1, 0.15) is 81.8 Å². The Kier molecular flexibility index (Phi) is 12.9. The molecule has 0 atom stereocenters. The Hall–Kier alpha value is -2.96. The highest BCUT2D eigenvalue weighted by atomic mass is 16.5. The van der Waals surface area contributed by atoms with Gasteiger partial charge in [0.1, 0.15) is 13.2 Å². The summed E-state index contributed by atoms with van der Waals surface area (Å²) in [6.07, 6.45) is 13.3. The SMILES string of the molecule is C=C(CO)C(=O)OCC(COC(=O)C(=C)CO)c1ccc2cc(CCC3CCC(CCCCC)CC3)ccc2c1. The Morgan fingerprint density at radius 1 is 0.825 bits per heavy atom. The van der Waals surface area contributed by atoms with E-state index in [4.69, 9.17) is 19.7 Å². The number of aliphatic hydroxyl groups excluding tert-OH is 2. The Balaban J connectivity index is 1.61. The van der Waals surface area contributed by atoms with Crippen molar-refractivity contribution in [1.82, 2.24) is 0 Å². The molecule has 2 N–H and O–H groups in total. The summed E-state index contributed by atoms with van der Waals surface area (Å²) in [5.74, 6) is -0.0684. The van der Waals surface area contributed by atoms with Crippen molar-refractivity contribution in [3.8, 4) is 0 Å². The monoisotopic (exact) mass is 550 g/mol. The molecule has 1 aliphatic rings. The van der Waals surface area contributed by atoms with E-state index in [-0.39, 0.29) is 24.4 Å². The maximum absolute atomic E-state index is 12.1. The molecule has 0 bridgehead atoms. The molecule has 0 saturated heterocycles. The van der Waals surface area contributed by atoms with E-state index >= 15 is 0 Å². The van der Waals surface area contributed by atoms with Crippen LogP contribution in [-0.2, 0) is 25.5 Å². The first-order chi connectivity index (χ1) is 19.3. The molecule has 40 heavy (non-hydrogen) atoms. The molecule has 1 fully saturated rings. The maximum atomic E-state index is 12.1. The van der Waals surface area contributed by atoms with E-state index in [1.54, 1.807) is 0 Å². The van der Waals surface area contributed by atoms with Crippen LogP contribution < -0.4 is 0 Å². The van der Waals surface area contributed by atoms with Crippen molar-refractivity contribution in [1.29, 1.82) is 0 Å². The molecular formula is C34H46O6. The highest BCUT2D eigenvalue weighted by molar-refractivity contribution is 5.88. The summed E-state index contributed by atoms with van der Waals surface area (Å²) in [4.78, 5) is 24.1. The van der Waals surface area contributed by atoms with E-state index in [9.17, 15) is 9.59 Å².